The molecule has 2 N–H and O–H groups in total. The molecule has 0 spiro atoms. The van der Waals surface area contributed by atoms with Gasteiger partial charge in [0, 0.05) is 29.1 Å². The van der Waals surface area contributed by atoms with E-state index < -0.39 is 17.9 Å². The number of hydrogen-bond donors (Lipinski definition) is 2. The highest BCUT2D eigenvalue weighted by atomic mass is 35.5. The summed E-state index contributed by atoms with van der Waals surface area (Å²) in [6, 6.07) is 12.7. The number of benzene rings is 2. The molecule has 1 heterocycles. The molecule has 2 amide bonds. The van der Waals surface area contributed by atoms with Crippen LogP contribution in [0.5, 0.6) is 0 Å². The largest absolute Gasteiger partial charge is 0.478 e. The molecule has 3 rings (SSSR count). The van der Waals surface area contributed by atoms with Crippen molar-refractivity contribution < 1.29 is 19.5 Å². The maximum absolute atomic E-state index is 13.4. The van der Waals surface area contributed by atoms with Gasteiger partial charge in [-0.25, -0.2) is 4.79 Å². The van der Waals surface area contributed by atoms with Gasteiger partial charge in [0.25, 0.3) is 5.91 Å². The summed E-state index contributed by atoms with van der Waals surface area (Å²) in [5.41, 5.74) is 2.16. The lowest BCUT2D eigenvalue weighted by Crippen LogP contribution is -2.54. The molecule has 0 saturated carbocycles. The Balaban J connectivity index is 1.79. The van der Waals surface area contributed by atoms with Crippen molar-refractivity contribution in [3.8, 4) is 0 Å². The molecule has 0 aliphatic carbocycles. The van der Waals surface area contributed by atoms with Crippen LogP contribution in [0.15, 0.2) is 54.6 Å². The molecule has 0 bridgehead atoms. The Labute approximate surface area is 199 Å². The molecule has 0 aromatic heterocycles. The predicted molar refractivity (Wildman–Crippen MR) is 129 cm³/mol. The van der Waals surface area contributed by atoms with Gasteiger partial charge in [-0.3, -0.25) is 9.59 Å². The second kappa shape index (κ2) is 9.79. The van der Waals surface area contributed by atoms with E-state index in [0.29, 0.717) is 18.1 Å². The number of hydrogen-bond acceptors (Lipinski definition) is 3. The van der Waals surface area contributed by atoms with Crippen LogP contribution >= 0.6 is 11.6 Å². The molecular formula is C26H29ClN2O4. The highest BCUT2D eigenvalue weighted by Crippen LogP contribution is 2.38. The Morgan fingerprint density at radius 1 is 1.06 bits per heavy atom. The van der Waals surface area contributed by atoms with E-state index in [-0.39, 0.29) is 28.4 Å². The SMILES string of the molecule is CC(C)C(NC(=O)c1cccc(C(=O)O)c1)C(=O)N1CC=C(c2ccc(Cl)cc2)C(C)(C)C1. The van der Waals surface area contributed by atoms with E-state index in [1.165, 1.54) is 24.3 Å². The average Bonchev–Trinajstić information content (AvgIpc) is 2.76. The van der Waals surface area contributed by atoms with Gasteiger partial charge in [0.2, 0.25) is 5.91 Å². The Hall–Kier alpha value is -3.12. The molecule has 0 fully saturated rings. The molecule has 174 valence electrons. The number of carboxylic acids is 1. The van der Waals surface area contributed by atoms with Crippen molar-refractivity contribution in [1.82, 2.24) is 10.2 Å². The fraction of sp³-hybridized carbons (Fsp3) is 0.346. The fourth-order valence-electron chi connectivity index (χ4n) is 4.14. The summed E-state index contributed by atoms with van der Waals surface area (Å²) < 4.78 is 0. The second-order valence-electron chi connectivity index (χ2n) is 9.31. The number of carbonyl (C=O) groups excluding carboxylic acids is 2. The van der Waals surface area contributed by atoms with E-state index in [9.17, 15) is 19.5 Å². The minimum Gasteiger partial charge on any atom is -0.478 e. The van der Waals surface area contributed by atoms with Gasteiger partial charge < -0.3 is 15.3 Å². The van der Waals surface area contributed by atoms with Crippen LogP contribution in [0.1, 0.15) is 54.0 Å². The van der Waals surface area contributed by atoms with Crippen LogP contribution in [0.2, 0.25) is 5.02 Å². The summed E-state index contributed by atoms with van der Waals surface area (Å²) >= 11 is 6.02. The van der Waals surface area contributed by atoms with Crippen LogP contribution in [-0.2, 0) is 4.79 Å². The minimum absolute atomic E-state index is 0.0210. The van der Waals surface area contributed by atoms with Crippen LogP contribution in [0.3, 0.4) is 0 Å². The van der Waals surface area contributed by atoms with Crippen LogP contribution in [0, 0.1) is 11.3 Å². The van der Waals surface area contributed by atoms with Gasteiger partial charge >= 0.3 is 5.97 Å². The van der Waals surface area contributed by atoms with E-state index in [4.69, 9.17) is 11.6 Å². The standard InChI is InChI=1S/C26H29ClN2O4/c1-16(2)22(28-23(30)18-6-5-7-19(14-18)25(32)33)24(31)29-13-12-21(26(3,4)15-29)17-8-10-20(27)11-9-17/h5-12,14,16,22H,13,15H2,1-4H3,(H,28,30)(H,32,33). The third-order valence-corrected chi connectivity index (χ3v) is 6.14. The molecule has 6 nitrogen and oxygen atoms in total. The van der Waals surface area contributed by atoms with Crippen molar-refractivity contribution in [2.24, 2.45) is 11.3 Å². The number of carbonyl (C=O) groups is 3. The molecule has 33 heavy (non-hydrogen) atoms. The summed E-state index contributed by atoms with van der Waals surface area (Å²) in [5, 5.41) is 12.7. The summed E-state index contributed by atoms with van der Waals surface area (Å²) in [7, 11) is 0. The average molecular weight is 469 g/mol. The van der Waals surface area contributed by atoms with E-state index in [1.54, 1.807) is 4.90 Å². The van der Waals surface area contributed by atoms with Gasteiger partial charge in [-0.15, -0.1) is 0 Å². The van der Waals surface area contributed by atoms with Gasteiger partial charge in [-0.2, -0.15) is 0 Å². The first-order chi connectivity index (χ1) is 15.5. The van der Waals surface area contributed by atoms with Crippen LogP contribution < -0.4 is 5.32 Å². The van der Waals surface area contributed by atoms with Crippen LogP contribution in [-0.4, -0.2) is 46.9 Å². The zero-order chi connectivity index (χ0) is 24.3. The highest BCUT2D eigenvalue weighted by molar-refractivity contribution is 6.30. The Morgan fingerprint density at radius 2 is 1.70 bits per heavy atom. The number of nitrogens with zero attached hydrogens (tertiary/aromatic N) is 1. The molecule has 1 aliphatic heterocycles. The smallest absolute Gasteiger partial charge is 0.335 e. The van der Waals surface area contributed by atoms with Crippen molar-refractivity contribution in [3.05, 3.63) is 76.3 Å². The minimum atomic E-state index is -1.11. The van der Waals surface area contributed by atoms with Gasteiger partial charge in [-0.05, 0) is 47.4 Å². The number of aromatic carboxylic acids is 1. The van der Waals surface area contributed by atoms with Crippen LogP contribution in [0.4, 0.5) is 0 Å². The Kier molecular flexibility index (Phi) is 7.28. The van der Waals surface area contributed by atoms with E-state index >= 15 is 0 Å². The number of carboxylic acid groups (broad SMARTS) is 1. The Bertz CT molecular complexity index is 1090. The fourth-order valence-corrected chi connectivity index (χ4v) is 4.26. The number of amides is 2. The van der Waals surface area contributed by atoms with Gasteiger partial charge in [0.05, 0.1) is 5.56 Å². The van der Waals surface area contributed by atoms with Gasteiger partial charge in [-0.1, -0.05) is 63.6 Å². The zero-order valence-corrected chi connectivity index (χ0v) is 20.0. The molecule has 1 atom stereocenters. The number of nitrogens with one attached hydrogen (secondary N) is 1. The quantitative estimate of drug-likeness (QED) is 0.640. The third kappa shape index (κ3) is 5.63. The van der Waals surface area contributed by atoms with Gasteiger partial charge in [0.15, 0.2) is 0 Å². The molecule has 1 aliphatic rings. The summed E-state index contributed by atoms with van der Waals surface area (Å²) in [6.07, 6.45) is 2.06. The molecule has 0 radical (unpaired) electrons. The van der Waals surface area contributed by atoms with Crippen molar-refractivity contribution in [2.75, 3.05) is 13.1 Å². The number of rotatable bonds is 6. The summed E-state index contributed by atoms with van der Waals surface area (Å²) in [4.78, 5) is 39.2. The maximum atomic E-state index is 13.4. The first-order valence-corrected chi connectivity index (χ1v) is 11.3. The highest BCUT2D eigenvalue weighted by Gasteiger charge is 2.36. The first kappa shape index (κ1) is 24.5. The first-order valence-electron chi connectivity index (χ1n) is 10.9. The Morgan fingerprint density at radius 3 is 2.27 bits per heavy atom. The third-order valence-electron chi connectivity index (χ3n) is 5.89. The molecular weight excluding hydrogens is 440 g/mol. The van der Waals surface area contributed by atoms with Crippen molar-refractivity contribution >= 4 is 35.0 Å². The summed E-state index contributed by atoms with van der Waals surface area (Å²) in [5.74, 6) is -1.89. The van der Waals surface area contributed by atoms with Crippen molar-refractivity contribution in [1.29, 1.82) is 0 Å². The predicted octanol–water partition coefficient (Wildman–Crippen LogP) is 4.74. The molecule has 2 aromatic carbocycles. The topological polar surface area (TPSA) is 86.7 Å². The van der Waals surface area contributed by atoms with Crippen molar-refractivity contribution in [3.63, 3.8) is 0 Å². The van der Waals surface area contributed by atoms with Gasteiger partial charge in [0.1, 0.15) is 6.04 Å². The summed E-state index contributed by atoms with van der Waals surface area (Å²) in [6.45, 7) is 8.88. The van der Waals surface area contributed by atoms with E-state index in [2.05, 4.69) is 25.2 Å². The molecule has 0 saturated heterocycles. The molecule has 7 heteroatoms. The maximum Gasteiger partial charge on any atom is 0.335 e. The zero-order valence-electron chi connectivity index (χ0n) is 19.3. The van der Waals surface area contributed by atoms with E-state index in [0.717, 1.165) is 11.1 Å². The normalized spacial score (nSPS) is 16.2. The van der Waals surface area contributed by atoms with E-state index in [1.807, 2.05) is 38.1 Å². The van der Waals surface area contributed by atoms with Crippen molar-refractivity contribution in [2.45, 2.75) is 33.7 Å². The lowest BCUT2D eigenvalue weighted by atomic mass is 9.77. The second-order valence-corrected chi connectivity index (χ2v) is 9.74. The lowest BCUT2D eigenvalue weighted by molar-refractivity contribution is -0.135. The lowest BCUT2D eigenvalue weighted by Gasteiger charge is -2.40. The van der Waals surface area contributed by atoms with Crippen LogP contribution in [0.25, 0.3) is 5.57 Å². The molecule has 1 unspecified atom stereocenters. The monoisotopic (exact) mass is 468 g/mol. The molecule has 2 aromatic rings. The number of halogens is 1.